The number of hydrogen-bond acceptors (Lipinski definition) is 4. The third-order valence-corrected chi connectivity index (χ3v) is 5.53. The third-order valence-electron chi connectivity index (χ3n) is 5.53. The number of fused-ring (bicyclic) bond motifs is 3. The number of alkyl halides is 2. The normalized spacial score (nSPS) is 39.7. The van der Waals surface area contributed by atoms with Crippen LogP contribution in [0.15, 0.2) is 12.3 Å². The largest absolute Gasteiger partial charge is 0.438 e. The highest BCUT2D eigenvalue weighted by Gasteiger charge is 2.57. The van der Waals surface area contributed by atoms with E-state index in [4.69, 9.17) is 14.2 Å². The lowest BCUT2D eigenvalue weighted by Gasteiger charge is -2.55. The first-order valence-electron chi connectivity index (χ1n) is 8.95. The monoisotopic (exact) mass is 346 g/mol. The summed E-state index contributed by atoms with van der Waals surface area (Å²) in [5.41, 5.74) is -0.0317. The van der Waals surface area contributed by atoms with E-state index >= 15 is 0 Å². The lowest BCUT2D eigenvalue weighted by molar-refractivity contribution is -0.489. The Morgan fingerprint density at radius 2 is 1.67 bits per heavy atom. The lowest BCUT2D eigenvalue weighted by atomic mass is 9.77. The van der Waals surface area contributed by atoms with E-state index in [0.717, 1.165) is 12.8 Å². The molecule has 0 atom stereocenters. The molecule has 138 valence electrons. The van der Waals surface area contributed by atoms with Gasteiger partial charge in [0.2, 0.25) is 0 Å². The molecule has 1 aliphatic carbocycles. The average molecular weight is 346 g/mol. The molecule has 0 aromatic heterocycles. The van der Waals surface area contributed by atoms with Crippen LogP contribution in [0.4, 0.5) is 8.78 Å². The summed E-state index contributed by atoms with van der Waals surface area (Å²) in [5, 5.41) is 0. The molecule has 2 bridgehead atoms. The molecule has 4 aliphatic rings. The molecule has 4 rings (SSSR count). The van der Waals surface area contributed by atoms with Crippen molar-refractivity contribution in [1.82, 2.24) is 0 Å². The molecule has 0 N–H and O–H groups in total. The molecule has 0 spiro atoms. The van der Waals surface area contributed by atoms with E-state index in [-0.39, 0.29) is 17.1 Å². The van der Waals surface area contributed by atoms with E-state index in [1.54, 1.807) is 0 Å². The first kappa shape index (κ1) is 18.1. The zero-order valence-electron chi connectivity index (χ0n) is 14.6. The van der Waals surface area contributed by atoms with Crippen LogP contribution in [-0.2, 0) is 18.9 Å². The van der Waals surface area contributed by atoms with Crippen LogP contribution in [0.5, 0.6) is 0 Å². The van der Waals surface area contributed by atoms with Crippen LogP contribution in [0, 0.1) is 17.3 Å². The van der Waals surface area contributed by atoms with Gasteiger partial charge in [0.05, 0.1) is 31.5 Å². The SMILES string of the molecule is C=C(C)OC(F)(F)C1CCC(C23OCC(CCC)(CO2)CO3)CC1. The summed E-state index contributed by atoms with van der Waals surface area (Å²) < 4.78 is 50.7. The van der Waals surface area contributed by atoms with Crippen molar-refractivity contribution >= 4 is 0 Å². The van der Waals surface area contributed by atoms with Gasteiger partial charge in [-0.2, -0.15) is 8.78 Å². The van der Waals surface area contributed by atoms with Crippen molar-refractivity contribution in [3.05, 3.63) is 12.3 Å². The highest BCUT2D eigenvalue weighted by atomic mass is 19.3. The Bertz CT molecular complexity index is 447. The molecule has 1 saturated carbocycles. The van der Waals surface area contributed by atoms with E-state index in [0.29, 0.717) is 45.5 Å². The number of halogens is 2. The Labute approximate surface area is 142 Å². The minimum Gasteiger partial charge on any atom is -0.438 e. The van der Waals surface area contributed by atoms with Gasteiger partial charge >= 0.3 is 6.11 Å². The molecule has 6 heteroatoms. The van der Waals surface area contributed by atoms with Crippen molar-refractivity contribution in [3.63, 3.8) is 0 Å². The number of ether oxygens (including phenoxy) is 4. The second-order valence-electron chi connectivity index (χ2n) is 7.63. The van der Waals surface area contributed by atoms with Crippen molar-refractivity contribution in [1.29, 1.82) is 0 Å². The molecule has 3 aliphatic heterocycles. The summed E-state index contributed by atoms with van der Waals surface area (Å²) >= 11 is 0. The average Bonchev–Trinajstić information content (AvgIpc) is 2.56. The molecular weight excluding hydrogens is 318 g/mol. The molecule has 4 fully saturated rings. The summed E-state index contributed by atoms with van der Waals surface area (Å²) in [6.45, 7) is 8.90. The summed E-state index contributed by atoms with van der Waals surface area (Å²) in [4.78, 5) is 0. The maximum atomic E-state index is 14.1. The van der Waals surface area contributed by atoms with Gasteiger partial charge in [-0.3, -0.25) is 0 Å². The van der Waals surface area contributed by atoms with Crippen LogP contribution in [0.2, 0.25) is 0 Å². The molecule has 24 heavy (non-hydrogen) atoms. The molecule has 0 unspecified atom stereocenters. The maximum absolute atomic E-state index is 14.1. The van der Waals surface area contributed by atoms with Crippen molar-refractivity contribution in [2.45, 2.75) is 64.5 Å². The van der Waals surface area contributed by atoms with Gasteiger partial charge in [-0.25, -0.2) is 0 Å². The molecule has 0 aromatic carbocycles. The van der Waals surface area contributed by atoms with Crippen LogP contribution >= 0.6 is 0 Å². The molecule has 0 radical (unpaired) electrons. The van der Waals surface area contributed by atoms with Crippen molar-refractivity contribution < 1.29 is 27.7 Å². The fourth-order valence-corrected chi connectivity index (χ4v) is 4.21. The van der Waals surface area contributed by atoms with Crippen LogP contribution in [0.1, 0.15) is 52.4 Å². The molecule has 3 heterocycles. The van der Waals surface area contributed by atoms with E-state index in [1.807, 2.05) is 0 Å². The van der Waals surface area contributed by atoms with Gasteiger partial charge in [0.15, 0.2) is 0 Å². The Hall–Kier alpha value is -0.720. The zero-order chi connectivity index (χ0) is 17.4. The summed E-state index contributed by atoms with van der Waals surface area (Å²) in [7, 11) is 0. The fraction of sp³-hybridized carbons (Fsp3) is 0.889. The summed E-state index contributed by atoms with van der Waals surface area (Å²) in [6.07, 6.45) is 0.811. The van der Waals surface area contributed by atoms with Gasteiger partial charge in [0.25, 0.3) is 5.97 Å². The second kappa shape index (κ2) is 6.54. The van der Waals surface area contributed by atoms with E-state index < -0.39 is 18.0 Å². The first-order chi connectivity index (χ1) is 11.3. The van der Waals surface area contributed by atoms with E-state index in [9.17, 15) is 8.78 Å². The van der Waals surface area contributed by atoms with Gasteiger partial charge in [-0.1, -0.05) is 19.9 Å². The van der Waals surface area contributed by atoms with Crippen LogP contribution in [-0.4, -0.2) is 31.9 Å². The standard InChI is InChI=1S/C18H28F2O4/c1-4-9-16-10-21-18(22-11-16,23-12-16)15-7-5-14(6-8-15)17(19,20)24-13(2)3/h14-15H,2,4-12H2,1,3H3. The quantitative estimate of drug-likeness (QED) is 0.666. The minimum atomic E-state index is -3.16. The maximum Gasteiger partial charge on any atom is 0.400 e. The van der Waals surface area contributed by atoms with Crippen molar-refractivity contribution in [2.75, 3.05) is 19.8 Å². The van der Waals surface area contributed by atoms with E-state index in [1.165, 1.54) is 6.92 Å². The zero-order valence-corrected chi connectivity index (χ0v) is 14.6. The first-order valence-corrected chi connectivity index (χ1v) is 8.95. The van der Waals surface area contributed by atoms with Crippen LogP contribution in [0.25, 0.3) is 0 Å². The van der Waals surface area contributed by atoms with Gasteiger partial charge < -0.3 is 18.9 Å². The van der Waals surface area contributed by atoms with Gasteiger partial charge in [-0.15, -0.1) is 0 Å². The highest BCUT2D eigenvalue weighted by Crippen LogP contribution is 2.50. The van der Waals surface area contributed by atoms with Crippen LogP contribution < -0.4 is 0 Å². The topological polar surface area (TPSA) is 36.9 Å². The second-order valence-corrected chi connectivity index (χ2v) is 7.63. The summed E-state index contributed by atoms with van der Waals surface area (Å²) in [5.74, 6) is -1.78. The lowest BCUT2D eigenvalue weighted by Crippen LogP contribution is -2.63. The van der Waals surface area contributed by atoms with Crippen LogP contribution in [0.3, 0.4) is 0 Å². The Kier molecular flexibility index (Phi) is 4.93. The Morgan fingerprint density at radius 1 is 1.12 bits per heavy atom. The Morgan fingerprint density at radius 3 is 2.12 bits per heavy atom. The molecule has 0 aromatic rings. The number of hydrogen-bond donors (Lipinski definition) is 0. The third kappa shape index (κ3) is 3.33. The molecule has 4 nitrogen and oxygen atoms in total. The number of rotatable bonds is 6. The van der Waals surface area contributed by atoms with E-state index in [2.05, 4.69) is 18.2 Å². The van der Waals surface area contributed by atoms with Crippen molar-refractivity contribution in [2.24, 2.45) is 17.3 Å². The van der Waals surface area contributed by atoms with Crippen molar-refractivity contribution in [3.8, 4) is 0 Å². The Balaban J connectivity index is 1.57. The smallest absolute Gasteiger partial charge is 0.400 e. The fourth-order valence-electron chi connectivity index (χ4n) is 4.21. The highest BCUT2D eigenvalue weighted by molar-refractivity contribution is 4.93. The minimum absolute atomic E-state index is 0.00527. The van der Waals surface area contributed by atoms with Gasteiger partial charge in [0, 0.05) is 11.3 Å². The summed E-state index contributed by atoms with van der Waals surface area (Å²) in [6, 6.07) is 0. The predicted molar refractivity (Wildman–Crippen MR) is 84.2 cm³/mol. The van der Waals surface area contributed by atoms with Gasteiger partial charge in [0.1, 0.15) is 0 Å². The molecule has 0 amide bonds. The number of allylic oxidation sites excluding steroid dienone is 1. The predicted octanol–water partition coefficient (Wildman–Crippen LogP) is 4.45. The molecule has 3 saturated heterocycles. The van der Waals surface area contributed by atoms with Gasteiger partial charge in [-0.05, 0) is 39.0 Å². The molecular formula is C18H28F2O4.